The zero-order valence-electron chi connectivity index (χ0n) is 19.1. The summed E-state index contributed by atoms with van der Waals surface area (Å²) in [6.07, 6.45) is 5.21. The number of fused-ring (bicyclic) bond motifs is 1. The number of anilines is 3. The van der Waals surface area contributed by atoms with Crippen molar-refractivity contribution in [2.24, 2.45) is 0 Å². The van der Waals surface area contributed by atoms with Crippen LogP contribution in [0.3, 0.4) is 0 Å². The Morgan fingerprint density at radius 3 is 2.41 bits per heavy atom. The number of thiocarbonyl (C=S) groups is 1. The Morgan fingerprint density at radius 1 is 0.969 bits per heavy atom. The number of hydrogen-bond acceptors (Lipinski definition) is 5. The minimum absolute atomic E-state index is 0.367. The Morgan fingerprint density at radius 2 is 1.66 bits per heavy atom. The maximum absolute atomic E-state index is 5.58. The lowest BCUT2D eigenvalue weighted by atomic mass is 9.91. The van der Waals surface area contributed by atoms with E-state index in [1.807, 2.05) is 43.3 Å². The van der Waals surface area contributed by atoms with E-state index >= 15 is 0 Å². The predicted octanol–water partition coefficient (Wildman–Crippen LogP) is 4.97. The van der Waals surface area contributed by atoms with Crippen LogP contribution in [0.5, 0.6) is 0 Å². The fourth-order valence-electron chi connectivity index (χ4n) is 4.32. The van der Waals surface area contributed by atoms with Gasteiger partial charge in [-0.1, -0.05) is 37.3 Å². The molecule has 0 aliphatic heterocycles. The third-order valence-corrected chi connectivity index (χ3v) is 6.27. The predicted molar refractivity (Wildman–Crippen MR) is 139 cm³/mol. The highest BCUT2D eigenvalue weighted by Crippen LogP contribution is 2.26. The van der Waals surface area contributed by atoms with Crippen molar-refractivity contribution in [2.45, 2.75) is 51.1 Å². The second kappa shape index (κ2) is 10.1. The number of benzene rings is 2. The minimum atomic E-state index is 0.367. The van der Waals surface area contributed by atoms with Crippen LogP contribution in [0.25, 0.3) is 10.9 Å². The van der Waals surface area contributed by atoms with Crippen molar-refractivity contribution >= 4 is 45.7 Å². The Labute approximate surface area is 195 Å². The van der Waals surface area contributed by atoms with Gasteiger partial charge in [0.05, 0.1) is 5.52 Å². The largest absolute Gasteiger partial charge is 0.362 e. The van der Waals surface area contributed by atoms with Crippen LogP contribution in [0, 0.1) is 0 Å². The van der Waals surface area contributed by atoms with Gasteiger partial charge in [0.15, 0.2) is 5.11 Å². The molecule has 1 aliphatic carbocycles. The first kappa shape index (κ1) is 22.3. The third kappa shape index (κ3) is 5.27. The monoisotopic (exact) mass is 448 g/mol. The molecule has 32 heavy (non-hydrogen) atoms. The highest BCUT2D eigenvalue weighted by atomic mass is 32.1. The lowest BCUT2D eigenvalue weighted by molar-refractivity contribution is 0.387. The molecule has 1 aromatic heterocycles. The standard InChI is InChI=1S/C25H32N6S/c1-4-17-9-5-7-11-21(17)29-25(32)27-19-15-13-18(14-16-19)26-24-28-22-12-8-6-10-20(22)23(30-24)31(2)3/h5-12,18-19H,4,13-16H2,1-3H3,(H,26,28,30)(H2,27,29,32). The van der Waals surface area contributed by atoms with Gasteiger partial charge in [-0.3, -0.25) is 0 Å². The molecular weight excluding hydrogens is 416 g/mol. The molecule has 1 fully saturated rings. The van der Waals surface area contributed by atoms with Crippen molar-refractivity contribution in [3.05, 3.63) is 54.1 Å². The molecule has 7 heteroatoms. The number of nitrogens with zero attached hydrogens (tertiary/aromatic N) is 3. The van der Waals surface area contributed by atoms with E-state index < -0.39 is 0 Å². The zero-order valence-corrected chi connectivity index (χ0v) is 19.9. The van der Waals surface area contributed by atoms with Crippen LogP contribution in [0.1, 0.15) is 38.2 Å². The van der Waals surface area contributed by atoms with Crippen LogP contribution in [-0.2, 0) is 6.42 Å². The van der Waals surface area contributed by atoms with E-state index in [2.05, 4.69) is 47.1 Å². The van der Waals surface area contributed by atoms with Crippen molar-refractivity contribution in [1.29, 1.82) is 0 Å². The summed E-state index contributed by atoms with van der Waals surface area (Å²) in [5, 5.41) is 12.2. The van der Waals surface area contributed by atoms with Crippen molar-refractivity contribution < 1.29 is 0 Å². The van der Waals surface area contributed by atoms with Crippen LogP contribution >= 0.6 is 12.2 Å². The van der Waals surface area contributed by atoms with Gasteiger partial charge in [0.1, 0.15) is 5.82 Å². The summed E-state index contributed by atoms with van der Waals surface area (Å²) in [4.78, 5) is 11.6. The highest BCUT2D eigenvalue weighted by Gasteiger charge is 2.23. The first-order chi connectivity index (χ1) is 15.5. The first-order valence-electron chi connectivity index (χ1n) is 11.4. The van der Waals surface area contributed by atoms with Gasteiger partial charge < -0.3 is 20.9 Å². The van der Waals surface area contributed by atoms with Gasteiger partial charge >= 0.3 is 0 Å². The molecule has 0 unspecified atom stereocenters. The number of hydrogen-bond donors (Lipinski definition) is 3. The summed E-state index contributed by atoms with van der Waals surface area (Å²) >= 11 is 5.58. The van der Waals surface area contributed by atoms with Gasteiger partial charge in [0.25, 0.3) is 0 Å². The van der Waals surface area contributed by atoms with Crippen LogP contribution in [0.2, 0.25) is 0 Å². The van der Waals surface area contributed by atoms with E-state index in [0.29, 0.717) is 23.1 Å². The third-order valence-electron chi connectivity index (χ3n) is 6.05. The van der Waals surface area contributed by atoms with E-state index in [1.54, 1.807) is 0 Å². The maximum Gasteiger partial charge on any atom is 0.225 e. The molecule has 0 amide bonds. The van der Waals surface area contributed by atoms with Crippen molar-refractivity contribution in [3.63, 3.8) is 0 Å². The fourth-order valence-corrected chi connectivity index (χ4v) is 4.60. The smallest absolute Gasteiger partial charge is 0.225 e. The first-order valence-corrected chi connectivity index (χ1v) is 11.8. The van der Waals surface area contributed by atoms with Gasteiger partial charge in [0.2, 0.25) is 5.95 Å². The van der Waals surface area contributed by atoms with E-state index in [0.717, 1.165) is 54.5 Å². The number of aryl methyl sites for hydroxylation is 1. The summed E-state index contributed by atoms with van der Waals surface area (Å²) in [6, 6.07) is 17.2. The zero-order chi connectivity index (χ0) is 22.5. The van der Waals surface area contributed by atoms with Crippen LogP contribution in [-0.4, -0.2) is 41.3 Å². The van der Waals surface area contributed by atoms with E-state index in [1.165, 1.54) is 5.56 Å². The minimum Gasteiger partial charge on any atom is -0.362 e. The Balaban J connectivity index is 1.33. The quantitative estimate of drug-likeness (QED) is 0.460. The Kier molecular flexibility index (Phi) is 7.05. The van der Waals surface area contributed by atoms with Gasteiger partial charge in [-0.2, -0.15) is 4.98 Å². The molecule has 3 N–H and O–H groups in total. The second-order valence-corrected chi connectivity index (χ2v) is 8.99. The lowest BCUT2D eigenvalue weighted by Gasteiger charge is -2.30. The van der Waals surface area contributed by atoms with Crippen LogP contribution in [0.15, 0.2) is 48.5 Å². The molecule has 1 saturated carbocycles. The maximum atomic E-state index is 5.58. The van der Waals surface area contributed by atoms with E-state index in [-0.39, 0.29) is 0 Å². The van der Waals surface area contributed by atoms with E-state index in [9.17, 15) is 0 Å². The SMILES string of the molecule is CCc1ccccc1NC(=S)NC1CCC(Nc2nc(N(C)C)c3ccccc3n2)CC1. The molecular formula is C25H32N6S. The molecule has 0 bridgehead atoms. The van der Waals surface area contributed by atoms with Crippen molar-refractivity contribution in [3.8, 4) is 0 Å². The molecule has 3 aromatic rings. The summed E-state index contributed by atoms with van der Waals surface area (Å²) in [5.41, 5.74) is 3.33. The van der Waals surface area contributed by atoms with Crippen molar-refractivity contribution in [1.82, 2.24) is 15.3 Å². The summed E-state index contributed by atoms with van der Waals surface area (Å²) in [5.74, 6) is 1.65. The summed E-state index contributed by atoms with van der Waals surface area (Å²) < 4.78 is 0. The Hall–Kier alpha value is -2.93. The fraction of sp³-hybridized carbons (Fsp3) is 0.400. The van der Waals surface area contributed by atoms with Gasteiger partial charge in [-0.25, -0.2) is 4.98 Å². The van der Waals surface area contributed by atoms with Crippen LogP contribution in [0.4, 0.5) is 17.5 Å². The van der Waals surface area contributed by atoms with Crippen LogP contribution < -0.4 is 20.9 Å². The number of nitrogens with one attached hydrogen (secondary N) is 3. The molecule has 0 radical (unpaired) electrons. The summed E-state index contributed by atoms with van der Waals surface area (Å²) in [7, 11) is 4.04. The van der Waals surface area contributed by atoms with Crippen molar-refractivity contribution in [2.75, 3.05) is 29.6 Å². The average molecular weight is 449 g/mol. The second-order valence-electron chi connectivity index (χ2n) is 8.58. The molecule has 168 valence electrons. The number of aromatic nitrogens is 2. The number of para-hydroxylation sites is 2. The number of rotatable bonds is 6. The molecule has 0 atom stereocenters. The Bertz CT molecular complexity index is 1070. The van der Waals surface area contributed by atoms with Gasteiger partial charge in [0, 0.05) is 37.3 Å². The van der Waals surface area contributed by atoms with E-state index in [4.69, 9.17) is 22.2 Å². The lowest BCUT2D eigenvalue weighted by Crippen LogP contribution is -2.42. The molecule has 1 aliphatic rings. The van der Waals surface area contributed by atoms with Gasteiger partial charge in [-0.15, -0.1) is 0 Å². The normalized spacial score (nSPS) is 18.2. The molecule has 0 saturated heterocycles. The molecule has 1 heterocycles. The molecule has 0 spiro atoms. The highest BCUT2D eigenvalue weighted by molar-refractivity contribution is 7.80. The topological polar surface area (TPSA) is 65.1 Å². The summed E-state index contributed by atoms with van der Waals surface area (Å²) in [6.45, 7) is 2.16. The average Bonchev–Trinajstić information content (AvgIpc) is 2.80. The molecule has 4 rings (SSSR count). The molecule has 2 aromatic carbocycles. The van der Waals surface area contributed by atoms with Gasteiger partial charge in [-0.05, 0) is 68.1 Å². The molecule has 6 nitrogen and oxygen atoms in total.